The molecule has 0 bridgehead atoms. The minimum absolute atomic E-state index is 0.280. The number of halogens is 1. The Morgan fingerprint density at radius 2 is 2.15 bits per heavy atom. The van der Waals surface area contributed by atoms with Gasteiger partial charge in [0.1, 0.15) is 0 Å². The van der Waals surface area contributed by atoms with Crippen LogP contribution in [0.25, 0.3) is 0 Å². The van der Waals surface area contributed by atoms with E-state index in [1.54, 1.807) is 13.3 Å². The Morgan fingerprint density at radius 1 is 1.40 bits per heavy atom. The lowest BCUT2D eigenvalue weighted by Crippen LogP contribution is -2.20. The number of methoxy groups -OCH3 is 1. The zero-order chi connectivity index (χ0) is 14.5. The molecule has 20 heavy (non-hydrogen) atoms. The summed E-state index contributed by atoms with van der Waals surface area (Å²) < 4.78 is 6.92. The highest BCUT2D eigenvalue weighted by atomic mass is 35.5. The van der Waals surface area contributed by atoms with Crippen molar-refractivity contribution in [3.8, 4) is 0 Å². The normalized spacial score (nSPS) is 12.6. The molecule has 108 valence electrons. The molecule has 0 aliphatic rings. The van der Waals surface area contributed by atoms with Gasteiger partial charge in [0.25, 0.3) is 0 Å². The first-order valence-corrected chi connectivity index (χ1v) is 7.10. The van der Waals surface area contributed by atoms with E-state index < -0.39 is 0 Å². The van der Waals surface area contributed by atoms with Gasteiger partial charge in [0.2, 0.25) is 0 Å². The predicted octanol–water partition coefficient (Wildman–Crippen LogP) is 2.79. The Bertz CT molecular complexity index is 568. The Balaban J connectivity index is 2.37. The summed E-state index contributed by atoms with van der Waals surface area (Å²) in [6.45, 7) is 3.34. The Hall–Kier alpha value is -1.36. The van der Waals surface area contributed by atoms with Crippen LogP contribution in [0.2, 0.25) is 5.02 Å². The molecule has 1 aromatic heterocycles. The lowest BCUT2D eigenvalue weighted by Gasteiger charge is -2.18. The lowest BCUT2D eigenvalue weighted by atomic mass is 9.97. The zero-order valence-corrected chi connectivity index (χ0v) is 12.6. The maximum Gasteiger partial charge on any atom is 0.0837 e. The zero-order valence-electron chi connectivity index (χ0n) is 11.8. The van der Waals surface area contributed by atoms with Gasteiger partial charge in [0.15, 0.2) is 0 Å². The maximum atomic E-state index is 6.42. The van der Waals surface area contributed by atoms with Gasteiger partial charge in [0.05, 0.1) is 36.1 Å². The van der Waals surface area contributed by atoms with Gasteiger partial charge in [-0.1, -0.05) is 42.8 Å². The van der Waals surface area contributed by atoms with Gasteiger partial charge in [-0.3, -0.25) is 4.68 Å². The second-order valence-corrected chi connectivity index (χ2v) is 5.03. The second kappa shape index (κ2) is 6.88. The quantitative estimate of drug-likeness (QED) is 0.891. The molecule has 0 amide bonds. The van der Waals surface area contributed by atoms with Crippen molar-refractivity contribution >= 4 is 11.6 Å². The fourth-order valence-electron chi connectivity index (χ4n) is 2.34. The van der Waals surface area contributed by atoms with E-state index in [0.29, 0.717) is 18.2 Å². The summed E-state index contributed by atoms with van der Waals surface area (Å²) in [6, 6.07) is 7.89. The van der Waals surface area contributed by atoms with E-state index in [0.717, 1.165) is 17.7 Å². The van der Waals surface area contributed by atoms with E-state index in [2.05, 4.69) is 18.1 Å². The number of hydrogen-bond donors (Lipinski definition) is 1. The van der Waals surface area contributed by atoms with Crippen LogP contribution in [0.4, 0.5) is 0 Å². The fourth-order valence-corrected chi connectivity index (χ4v) is 2.60. The molecule has 0 saturated heterocycles. The largest absolute Gasteiger partial charge is 0.383 e. The predicted molar refractivity (Wildman–Crippen MR) is 81.0 cm³/mol. The van der Waals surface area contributed by atoms with E-state index >= 15 is 0 Å². The number of hydrogen-bond acceptors (Lipinski definition) is 3. The van der Waals surface area contributed by atoms with E-state index in [1.807, 2.05) is 22.9 Å². The van der Waals surface area contributed by atoms with Crippen LogP contribution < -0.4 is 5.73 Å². The molecule has 1 aromatic carbocycles. The van der Waals surface area contributed by atoms with Crippen LogP contribution in [0.5, 0.6) is 0 Å². The Morgan fingerprint density at radius 3 is 2.85 bits per heavy atom. The number of benzene rings is 1. The SMILES string of the molecule is CCc1ccccc1C(N)c1c(Cl)cnn1CCOC. The van der Waals surface area contributed by atoms with Crippen molar-refractivity contribution in [1.82, 2.24) is 9.78 Å². The van der Waals surface area contributed by atoms with Crippen molar-refractivity contribution in [2.75, 3.05) is 13.7 Å². The minimum Gasteiger partial charge on any atom is -0.383 e. The van der Waals surface area contributed by atoms with E-state index in [-0.39, 0.29) is 6.04 Å². The second-order valence-electron chi connectivity index (χ2n) is 4.62. The Labute approximate surface area is 124 Å². The first kappa shape index (κ1) is 15.0. The minimum atomic E-state index is -0.280. The van der Waals surface area contributed by atoms with Crippen molar-refractivity contribution in [3.63, 3.8) is 0 Å². The summed E-state index contributed by atoms with van der Waals surface area (Å²) in [5.74, 6) is 0. The monoisotopic (exact) mass is 293 g/mol. The number of nitrogens with zero attached hydrogens (tertiary/aromatic N) is 2. The molecule has 0 aliphatic carbocycles. The molecule has 0 saturated carbocycles. The average molecular weight is 294 g/mol. The smallest absolute Gasteiger partial charge is 0.0837 e. The van der Waals surface area contributed by atoms with Crippen molar-refractivity contribution in [1.29, 1.82) is 0 Å². The molecule has 1 unspecified atom stereocenters. The van der Waals surface area contributed by atoms with Crippen LogP contribution in [0.15, 0.2) is 30.5 Å². The molecule has 4 nitrogen and oxygen atoms in total. The van der Waals surface area contributed by atoms with Crippen LogP contribution in [0.1, 0.15) is 29.8 Å². The summed E-state index contributed by atoms with van der Waals surface area (Å²) in [6.07, 6.45) is 2.58. The first-order chi connectivity index (χ1) is 9.69. The van der Waals surface area contributed by atoms with Crippen LogP contribution in [0.3, 0.4) is 0 Å². The third-order valence-electron chi connectivity index (χ3n) is 3.41. The highest BCUT2D eigenvalue weighted by Gasteiger charge is 2.20. The number of aryl methyl sites for hydroxylation is 1. The maximum absolute atomic E-state index is 6.42. The number of ether oxygens (including phenoxy) is 1. The van der Waals surface area contributed by atoms with Crippen molar-refractivity contribution in [2.24, 2.45) is 5.73 Å². The van der Waals surface area contributed by atoms with Gasteiger partial charge in [-0.2, -0.15) is 5.10 Å². The molecule has 2 aromatic rings. The molecular weight excluding hydrogens is 274 g/mol. The fraction of sp³-hybridized carbons (Fsp3) is 0.400. The molecule has 0 fully saturated rings. The molecule has 5 heteroatoms. The molecule has 0 aliphatic heterocycles. The first-order valence-electron chi connectivity index (χ1n) is 6.72. The van der Waals surface area contributed by atoms with Crippen LogP contribution in [-0.4, -0.2) is 23.5 Å². The van der Waals surface area contributed by atoms with Gasteiger partial charge in [-0.05, 0) is 17.5 Å². The van der Waals surface area contributed by atoms with Gasteiger partial charge in [0, 0.05) is 7.11 Å². The standard InChI is InChI=1S/C15H20ClN3O/c1-3-11-6-4-5-7-12(11)14(17)15-13(16)10-18-19(15)8-9-20-2/h4-7,10,14H,3,8-9,17H2,1-2H3. The lowest BCUT2D eigenvalue weighted by molar-refractivity contribution is 0.182. The van der Waals surface area contributed by atoms with Crippen molar-refractivity contribution in [2.45, 2.75) is 25.9 Å². The van der Waals surface area contributed by atoms with Crippen LogP contribution in [-0.2, 0) is 17.7 Å². The number of aromatic nitrogens is 2. The van der Waals surface area contributed by atoms with Gasteiger partial charge in [-0.25, -0.2) is 0 Å². The molecule has 2 rings (SSSR count). The van der Waals surface area contributed by atoms with E-state index in [4.69, 9.17) is 22.1 Å². The molecule has 1 atom stereocenters. The summed E-state index contributed by atoms with van der Waals surface area (Å²) in [5.41, 5.74) is 9.59. The summed E-state index contributed by atoms with van der Waals surface area (Å²) in [4.78, 5) is 0. The highest BCUT2D eigenvalue weighted by Crippen LogP contribution is 2.28. The average Bonchev–Trinajstić information content (AvgIpc) is 2.85. The number of nitrogens with two attached hydrogens (primary N) is 1. The van der Waals surface area contributed by atoms with Crippen LogP contribution >= 0.6 is 11.6 Å². The van der Waals surface area contributed by atoms with Gasteiger partial charge >= 0.3 is 0 Å². The molecule has 2 N–H and O–H groups in total. The van der Waals surface area contributed by atoms with Crippen LogP contribution in [0, 0.1) is 0 Å². The van der Waals surface area contributed by atoms with Crippen molar-refractivity contribution < 1.29 is 4.74 Å². The molecule has 0 radical (unpaired) electrons. The highest BCUT2D eigenvalue weighted by molar-refractivity contribution is 6.31. The topological polar surface area (TPSA) is 53.1 Å². The van der Waals surface area contributed by atoms with Gasteiger partial charge < -0.3 is 10.5 Å². The third-order valence-corrected chi connectivity index (χ3v) is 3.70. The van der Waals surface area contributed by atoms with Crippen molar-refractivity contribution in [3.05, 3.63) is 52.3 Å². The summed E-state index contributed by atoms with van der Waals surface area (Å²) in [7, 11) is 1.66. The Kier molecular flexibility index (Phi) is 5.17. The molecule has 1 heterocycles. The third kappa shape index (κ3) is 3.03. The molecule has 0 spiro atoms. The summed E-state index contributed by atoms with van der Waals surface area (Å²) >= 11 is 6.26. The molecular formula is C15H20ClN3O. The number of rotatable bonds is 6. The van der Waals surface area contributed by atoms with Gasteiger partial charge in [-0.15, -0.1) is 0 Å². The van der Waals surface area contributed by atoms with E-state index in [1.165, 1.54) is 5.56 Å². The van der Waals surface area contributed by atoms with E-state index in [9.17, 15) is 0 Å². The summed E-state index contributed by atoms with van der Waals surface area (Å²) in [5, 5.41) is 4.88.